The minimum absolute atomic E-state index is 0.000693. The summed E-state index contributed by atoms with van der Waals surface area (Å²) < 4.78 is 0. The molecule has 6 heteroatoms. The van der Waals surface area contributed by atoms with Crippen molar-refractivity contribution in [3.05, 3.63) is 30.1 Å². The number of hydrogen-bond donors (Lipinski definition) is 1. The number of nitrogens with zero attached hydrogens (tertiary/aromatic N) is 3. The molecule has 2 aliphatic heterocycles. The van der Waals surface area contributed by atoms with Gasteiger partial charge in [0.1, 0.15) is 0 Å². The highest BCUT2D eigenvalue weighted by Gasteiger charge is 2.26. The van der Waals surface area contributed by atoms with E-state index in [-0.39, 0.29) is 11.9 Å². The molecule has 1 aromatic heterocycles. The molecule has 1 N–H and O–H groups in total. The Kier molecular flexibility index (Phi) is 6.51. The summed E-state index contributed by atoms with van der Waals surface area (Å²) in [5, 5.41) is 3.28. The van der Waals surface area contributed by atoms with Gasteiger partial charge in [-0.25, -0.2) is 0 Å². The topological polar surface area (TPSA) is 48.5 Å². The van der Waals surface area contributed by atoms with Crippen LogP contribution in [0.4, 0.5) is 0 Å². The van der Waals surface area contributed by atoms with E-state index < -0.39 is 0 Å². The molecule has 1 aromatic rings. The quantitative estimate of drug-likeness (QED) is 0.876. The van der Waals surface area contributed by atoms with Crippen LogP contribution in [0.1, 0.15) is 25.3 Å². The largest absolute Gasteiger partial charge is 0.352 e. The van der Waals surface area contributed by atoms with Gasteiger partial charge in [-0.3, -0.25) is 19.6 Å². The fraction of sp³-hybridized carbons (Fsp3) is 0.667. The number of likely N-dealkylation sites (tertiary alicyclic amines) is 1. The highest BCUT2D eigenvalue weighted by Crippen LogP contribution is 2.15. The molecule has 2 saturated heterocycles. The lowest BCUT2D eigenvalue weighted by atomic mass is 10.0. The van der Waals surface area contributed by atoms with Crippen molar-refractivity contribution >= 4 is 17.7 Å². The monoisotopic (exact) mass is 348 g/mol. The molecule has 0 spiro atoms. The Hall–Kier alpha value is -1.11. The molecule has 0 saturated carbocycles. The fourth-order valence-electron chi connectivity index (χ4n) is 3.43. The maximum atomic E-state index is 12.5. The molecule has 2 fully saturated rings. The summed E-state index contributed by atoms with van der Waals surface area (Å²) in [6.45, 7) is 7.17. The van der Waals surface area contributed by atoms with Gasteiger partial charge in [0.2, 0.25) is 5.91 Å². The van der Waals surface area contributed by atoms with E-state index in [0.29, 0.717) is 6.04 Å². The van der Waals surface area contributed by atoms with Crippen LogP contribution in [0.25, 0.3) is 0 Å². The van der Waals surface area contributed by atoms with Crippen molar-refractivity contribution in [2.24, 2.45) is 0 Å². The van der Waals surface area contributed by atoms with Gasteiger partial charge in [0.15, 0.2) is 0 Å². The van der Waals surface area contributed by atoms with E-state index in [9.17, 15) is 4.79 Å². The Bertz CT molecular complexity index is 513. The molecule has 1 atom stereocenters. The zero-order valence-corrected chi connectivity index (χ0v) is 15.3. The van der Waals surface area contributed by atoms with Crippen molar-refractivity contribution < 1.29 is 4.79 Å². The van der Waals surface area contributed by atoms with E-state index in [0.717, 1.165) is 57.1 Å². The SMILES string of the molecule is C[C@H](C(=O)NC1CCN(Cc2ccncc2)CC1)N1CCSCC1. The Morgan fingerprint density at radius 3 is 2.58 bits per heavy atom. The number of piperidine rings is 1. The molecule has 5 nitrogen and oxygen atoms in total. The first kappa shape index (κ1) is 17.7. The number of hydrogen-bond acceptors (Lipinski definition) is 5. The summed E-state index contributed by atoms with van der Waals surface area (Å²) in [7, 11) is 0. The third-order valence-corrected chi connectivity index (χ3v) is 6.00. The second-order valence-corrected chi connectivity index (χ2v) is 7.96. The first-order chi connectivity index (χ1) is 11.7. The predicted octanol–water partition coefficient (Wildman–Crippen LogP) is 1.60. The summed E-state index contributed by atoms with van der Waals surface area (Å²) in [5.74, 6) is 2.49. The third-order valence-electron chi connectivity index (χ3n) is 5.06. The number of aromatic nitrogens is 1. The van der Waals surface area contributed by atoms with Crippen LogP contribution in [-0.4, -0.2) is 70.5 Å². The van der Waals surface area contributed by atoms with Crippen molar-refractivity contribution in [1.82, 2.24) is 20.1 Å². The number of carbonyl (C=O) groups excluding carboxylic acids is 1. The van der Waals surface area contributed by atoms with Gasteiger partial charge in [0.25, 0.3) is 0 Å². The van der Waals surface area contributed by atoms with Crippen LogP contribution in [0.3, 0.4) is 0 Å². The molecular formula is C18H28N4OS. The molecule has 3 rings (SSSR count). The zero-order chi connectivity index (χ0) is 16.8. The summed E-state index contributed by atoms with van der Waals surface area (Å²) >= 11 is 1.98. The molecule has 0 aromatic carbocycles. The second-order valence-electron chi connectivity index (χ2n) is 6.74. The van der Waals surface area contributed by atoms with Gasteiger partial charge in [0, 0.05) is 62.7 Å². The van der Waals surface area contributed by atoms with E-state index in [2.05, 4.69) is 32.2 Å². The maximum Gasteiger partial charge on any atom is 0.237 e. The van der Waals surface area contributed by atoms with Gasteiger partial charge in [-0.1, -0.05) is 0 Å². The average Bonchev–Trinajstić information content (AvgIpc) is 2.64. The number of thioether (sulfide) groups is 1. The van der Waals surface area contributed by atoms with Crippen LogP contribution in [0.5, 0.6) is 0 Å². The Morgan fingerprint density at radius 1 is 1.25 bits per heavy atom. The molecule has 0 aliphatic carbocycles. The van der Waals surface area contributed by atoms with Gasteiger partial charge < -0.3 is 5.32 Å². The molecule has 132 valence electrons. The molecule has 3 heterocycles. The minimum atomic E-state index is 0.000693. The van der Waals surface area contributed by atoms with E-state index in [1.165, 1.54) is 5.56 Å². The molecule has 2 aliphatic rings. The highest BCUT2D eigenvalue weighted by atomic mass is 32.2. The number of nitrogens with one attached hydrogen (secondary N) is 1. The van der Waals surface area contributed by atoms with Crippen LogP contribution in [0.15, 0.2) is 24.5 Å². The molecule has 0 radical (unpaired) electrons. The lowest BCUT2D eigenvalue weighted by Gasteiger charge is -2.35. The molecule has 1 amide bonds. The smallest absolute Gasteiger partial charge is 0.237 e. The summed E-state index contributed by atoms with van der Waals surface area (Å²) in [5.41, 5.74) is 1.31. The van der Waals surface area contributed by atoms with Crippen LogP contribution < -0.4 is 5.32 Å². The van der Waals surface area contributed by atoms with Crippen LogP contribution in [0.2, 0.25) is 0 Å². The number of pyridine rings is 1. The van der Waals surface area contributed by atoms with Crippen LogP contribution in [-0.2, 0) is 11.3 Å². The second kappa shape index (κ2) is 8.83. The molecule has 0 bridgehead atoms. The summed E-state index contributed by atoms with van der Waals surface area (Å²) in [6, 6.07) is 4.48. The Balaban J connectivity index is 1.40. The van der Waals surface area contributed by atoms with Gasteiger partial charge >= 0.3 is 0 Å². The van der Waals surface area contributed by atoms with E-state index in [1.807, 2.05) is 31.1 Å². The maximum absolute atomic E-state index is 12.5. The number of carbonyl (C=O) groups is 1. The van der Waals surface area contributed by atoms with Crippen LogP contribution in [0, 0.1) is 0 Å². The van der Waals surface area contributed by atoms with Gasteiger partial charge in [-0.05, 0) is 37.5 Å². The summed E-state index contributed by atoms with van der Waals surface area (Å²) in [4.78, 5) is 21.3. The van der Waals surface area contributed by atoms with Gasteiger partial charge in [-0.15, -0.1) is 0 Å². The Labute approximate surface area is 149 Å². The van der Waals surface area contributed by atoms with E-state index in [1.54, 1.807) is 0 Å². The number of rotatable bonds is 5. The number of amides is 1. The average molecular weight is 349 g/mol. The third kappa shape index (κ3) is 4.94. The van der Waals surface area contributed by atoms with Crippen LogP contribution >= 0.6 is 11.8 Å². The molecule has 24 heavy (non-hydrogen) atoms. The minimum Gasteiger partial charge on any atom is -0.352 e. The standard InChI is InChI=1S/C18H28N4OS/c1-15(22-10-12-24-13-11-22)18(23)20-17-4-8-21(9-5-17)14-16-2-6-19-7-3-16/h2-3,6-7,15,17H,4-5,8-14H2,1H3,(H,20,23)/t15-/m1/s1. The van der Waals surface area contributed by atoms with Gasteiger partial charge in [0.05, 0.1) is 6.04 Å². The van der Waals surface area contributed by atoms with Gasteiger partial charge in [-0.2, -0.15) is 11.8 Å². The fourth-order valence-corrected chi connectivity index (χ4v) is 4.37. The van der Waals surface area contributed by atoms with E-state index in [4.69, 9.17) is 0 Å². The first-order valence-corrected chi connectivity index (χ1v) is 10.1. The van der Waals surface area contributed by atoms with Crippen molar-refractivity contribution in [1.29, 1.82) is 0 Å². The lowest BCUT2D eigenvalue weighted by molar-refractivity contribution is -0.126. The van der Waals surface area contributed by atoms with Crippen molar-refractivity contribution in [3.63, 3.8) is 0 Å². The Morgan fingerprint density at radius 2 is 1.92 bits per heavy atom. The molecule has 0 unspecified atom stereocenters. The zero-order valence-electron chi connectivity index (χ0n) is 14.5. The van der Waals surface area contributed by atoms with Crippen molar-refractivity contribution in [2.75, 3.05) is 37.7 Å². The highest BCUT2D eigenvalue weighted by molar-refractivity contribution is 7.99. The molecular weight excluding hydrogens is 320 g/mol. The predicted molar refractivity (Wildman–Crippen MR) is 99.0 cm³/mol. The summed E-state index contributed by atoms with van der Waals surface area (Å²) in [6.07, 6.45) is 5.78. The lowest BCUT2D eigenvalue weighted by Crippen LogP contribution is -2.52. The van der Waals surface area contributed by atoms with E-state index >= 15 is 0 Å². The van der Waals surface area contributed by atoms with Crippen molar-refractivity contribution in [2.45, 2.75) is 38.4 Å². The normalized spacial score (nSPS) is 22.2. The first-order valence-electron chi connectivity index (χ1n) is 8.96. The van der Waals surface area contributed by atoms with Crippen molar-refractivity contribution in [3.8, 4) is 0 Å².